The van der Waals surface area contributed by atoms with E-state index >= 15 is 0 Å². The van der Waals surface area contributed by atoms with Gasteiger partial charge in [-0.15, -0.1) is 0 Å². The van der Waals surface area contributed by atoms with Gasteiger partial charge in [-0.2, -0.15) is 0 Å². The van der Waals surface area contributed by atoms with Crippen molar-refractivity contribution in [2.75, 3.05) is 32.1 Å². The van der Waals surface area contributed by atoms with Gasteiger partial charge in [0.25, 0.3) is 11.6 Å². The van der Waals surface area contributed by atoms with Crippen LogP contribution in [0.2, 0.25) is 0 Å². The highest BCUT2D eigenvalue weighted by Gasteiger charge is 2.24. The van der Waals surface area contributed by atoms with Gasteiger partial charge in [0.2, 0.25) is 0 Å². The van der Waals surface area contributed by atoms with Crippen LogP contribution in [0.5, 0.6) is 0 Å². The summed E-state index contributed by atoms with van der Waals surface area (Å²) in [7, 11) is 3.49. The molecular formula is C15H21N3O3. The molecule has 0 N–H and O–H groups in total. The maximum atomic E-state index is 12.5. The van der Waals surface area contributed by atoms with Crippen molar-refractivity contribution < 1.29 is 9.72 Å². The van der Waals surface area contributed by atoms with Crippen LogP contribution in [0.25, 0.3) is 0 Å². The minimum Gasteiger partial charge on any atom is -0.372 e. The predicted molar refractivity (Wildman–Crippen MR) is 81.7 cm³/mol. The van der Waals surface area contributed by atoms with Crippen LogP contribution >= 0.6 is 0 Å². The van der Waals surface area contributed by atoms with Gasteiger partial charge < -0.3 is 9.80 Å². The molecule has 1 aliphatic heterocycles. The Balaban J connectivity index is 2.26. The Kier molecular flexibility index (Phi) is 4.45. The van der Waals surface area contributed by atoms with Crippen molar-refractivity contribution >= 4 is 17.3 Å². The van der Waals surface area contributed by atoms with E-state index in [4.69, 9.17) is 0 Å². The van der Waals surface area contributed by atoms with E-state index in [-0.39, 0.29) is 11.6 Å². The Morgan fingerprint density at radius 3 is 2.48 bits per heavy atom. The lowest BCUT2D eigenvalue weighted by Crippen LogP contribution is -2.37. The van der Waals surface area contributed by atoms with Crippen molar-refractivity contribution in [3.8, 4) is 0 Å². The molecule has 0 saturated carbocycles. The van der Waals surface area contributed by atoms with Crippen LogP contribution in [-0.4, -0.2) is 42.9 Å². The van der Waals surface area contributed by atoms with E-state index in [1.165, 1.54) is 6.07 Å². The number of benzene rings is 1. The minimum atomic E-state index is -0.440. The molecule has 1 aromatic carbocycles. The second-order valence-electron chi connectivity index (χ2n) is 5.83. The molecule has 0 spiro atoms. The Labute approximate surface area is 124 Å². The smallest absolute Gasteiger partial charge is 0.293 e. The number of amides is 1. The third kappa shape index (κ3) is 3.32. The van der Waals surface area contributed by atoms with Gasteiger partial charge in [-0.1, -0.05) is 6.92 Å². The van der Waals surface area contributed by atoms with Gasteiger partial charge in [-0.05, 0) is 30.9 Å². The average Bonchev–Trinajstić information content (AvgIpc) is 2.46. The van der Waals surface area contributed by atoms with E-state index in [9.17, 15) is 14.9 Å². The molecule has 0 aromatic heterocycles. The second-order valence-corrected chi connectivity index (χ2v) is 5.83. The van der Waals surface area contributed by atoms with E-state index in [2.05, 4.69) is 6.92 Å². The third-order valence-electron chi connectivity index (χ3n) is 3.97. The van der Waals surface area contributed by atoms with Gasteiger partial charge >= 0.3 is 0 Å². The number of nitro groups is 1. The van der Waals surface area contributed by atoms with Gasteiger partial charge in [-0.25, -0.2) is 0 Å². The van der Waals surface area contributed by atoms with Crippen molar-refractivity contribution in [3.05, 3.63) is 33.9 Å². The largest absolute Gasteiger partial charge is 0.372 e. The van der Waals surface area contributed by atoms with E-state index in [0.717, 1.165) is 25.9 Å². The molecular weight excluding hydrogens is 270 g/mol. The highest BCUT2D eigenvalue weighted by atomic mass is 16.6. The molecule has 1 saturated heterocycles. The van der Waals surface area contributed by atoms with Gasteiger partial charge in [0.05, 0.1) is 4.92 Å². The number of likely N-dealkylation sites (tertiary alicyclic amines) is 1. The summed E-state index contributed by atoms with van der Waals surface area (Å²) in [5.41, 5.74) is 0.863. The van der Waals surface area contributed by atoms with Crippen LogP contribution in [0.4, 0.5) is 11.4 Å². The third-order valence-corrected chi connectivity index (χ3v) is 3.97. The van der Waals surface area contributed by atoms with Crippen LogP contribution in [-0.2, 0) is 0 Å². The average molecular weight is 291 g/mol. The summed E-state index contributed by atoms with van der Waals surface area (Å²) in [5, 5.41) is 11.2. The summed E-state index contributed by atoms with van der Waals surface area (Å²) >= 11 is 0. The number of nitrogens with zero attached hydrogens (tertiary/aromatic N) is 3. The fourth-order valence-corrected chi connectivity index (χ4v) is 2.58. The fourth-order valence-electron chi connectivity index (χ4n) is 2.58. The monoisotopic (exact) mass is 291 g/mol. The number of nitro benzene ring substituents is 1. The van der Waals surface area contributed by atoms with E-state index < -0.39 is 4.92 Å². The first kappa shape index (κ1) is 15.3. The van der Waals surface area contributed by atoms with Crippen molar-refractivity contribution in [1.82, 2.24) is 4.90 Å². The normalized spacial score (nSPS) is 15.9. The first-order valence-electron chi connectivity index (χ1n) is 7.15. The number of rotatable bonds is 3. The lowest BCUT2D eigenvalue weighted by molar-refractivity contribution is -0.384. The Morgan fingerprint density at radius 2 is 1.95 bits per heavy atom. The minimum absolute atomic E-state index is 0.0313. The molecule has 2 rings (SSSR count). The molecule has 1 aliphatic rings. The van der Waals surface area contributed by atoms with Crippen LogP contribution < -0.4 is 4.90 Å². The Morgan fingerprint density at radius 1 is 1.33 bits per heavy atom. The molecule has 0 atom stereocenters. The summed E-state index contributed by atoms with van der Waals surface area (Å²) in [6.07, 6.45) is 1.98. The zero-order chi connectivity index (χ0) is 15.6. The van der Waals surface area contributed by atoms with Gasteiger partial charge in [0.1, 0.15) is 5.69 Å². The molecule has 114 valence electrons. The molecule has 0 bridgehead atoms. The molecule has 1 amide bonds. The maximum Gasteiger partial charge on any atom is 0.293 e. The number of carbonyl (C=O) groups excluding carboxylic acids is 1. The van der Waals surface area contributed by atoms with Gasteiger partial charge in [-0.3, -0.25) is 14.9 Å². The summed E-state index contributed by atoms with van der Waals surface area (Å²) < 4.78 is 0. The number of piperidine rings is 1. The zero-order valence-electron chi connectivity index (χ0n) is 12.7. The maximum absolute atomic E-state index is 12.5. The van der Waals surface area contributed by atoms with Gasteiger partial charge in [0.15, 0.2) is 0 Å². The Hall–Kier alpha value is -2.11. The van der Waals surface area contributed by atoms with E-state index in [1.807, 2.05) is 0 Å². The highest BCUT2D eigenvalue weighted by Crippen LogP contribution is 2.28. The van der Waals surface area contributed by atoms with E-state index in [0.29, 0.717) is 17.2 Å². The number of anilines is 1. The highest BCUT2D eigenvalue weighted by molar-refractivity contribution is 5.95. The van der Waals surface area contributed by atoms with Crippen molar-refractivity contribution in [1.29, 1.82) is 0 Å². The quantitative estimate of drug-likeness (QED) is 0.634. The van der Waals surface area contributed by atoms with Crippen LogP contribution in [0.1, 0.15) is 30.1 Å². The van der Waals surface area contributed by atoms with Crippen LogP contribution in [0, 0.1) is 16.0 Å². The summed E-state index contributed by atoms with van der Waals surface area (Å²) in [5.74, 6) is 0.523. The predicted octanol–water partition coefficient (Wildman–Crippen LogP) is 2.53. The number of hydrogen-bond donors (Lipinski definition) is 0. The standard InChI is InChI=1S/C15H21N3O3/c1-11-6-8-17(9-7-11)15(19)12-4-5-13(16(2)3)14(10-12)18(20)21/h4-5,10-11H,6-9H2,1-3H3. The van der Waals surface area contributed by atoms with E-state index in [1.54, 1.807) is 36.0 Å². The molecule has 6 nitrogen and oxygen atoms in total. The second kappa shape index (κ2) is 6.11. The van der Waals surface area contributed by atoms with Crippen molar-refractivity contribution in [3.63, 3.8) is 0 Å². The molecule has 1 heterocycles. The zero-order valence-corrected chi connectivity index (χ0v) is 12.7. The first-order chi connectivity index (χ1) is 9.90. The molecule has 0 unspecified atom stereocenters. The molecule has 0 aliphatic carbocycles. The number of carbonyl (C=O) groups is 1. The SMILES string of the molecule is CC1CCN(C(=O)c2ccc(N(C)C)c([N+](=O)[O-])c2)CC1. The molecule has 1 fully saturated rings. The topological polar surface area (TPSA) is 66.7 Å². The fraction of sp³-hybridized carbons (Fsp3) is 0.533. The lowest BCUT2D eigenvalue weighted by Gasteiger charge is -2.30. The molecule has 0 radical (unpaired) electrons. The lowest BCUT2D eigenvalue weighted by atomic mass is 9.98. The van der Waals surface area contributed by atoms with Crippen molar-refractivity contribution in [2.24, 2.45) is 5.92 Å². The molecule has 6 heteroatoms. The summed E-state index contributed by atoms with van der Waals surface area (Å²) in [4.78, 5) is 26.6. The van der Waals surface area contributed by atoms with Gasteiger partial charge in [0, 0.05) is 38.8 Å². The summed E-state index contributed by atoms with van der Waals surface area (Å²) in [6.45, 7) is 3.63. The number of hydrogen-bond acceptors (Lipinski definition) is 4. The van der Waals surface area contributed by atoms with Crippen LogP contribution in [0.15, 0.2) is 18.2 Å². The molecule has 21 heavy (non-hydrogen) atoms. The van der Waals surface area contributed by atoms with Crippen molar-refractivity contribution in [2.45, 2.75) is 19.8 Å². The summed E-state index contributed by atoms with van der Waals surface area (Å²) in [6, 6.07) is 4.69. The Bertz CT molecular complexity index is 549. The first-order valence-corrected chi connectivity index (χ1v) is 7.15. The molecule has 1 aromatic rings. The van der Waals surface area contributed by atoms with Crippen LogP contribution in [0.3, 0.4) is 0 Å².